The Labute approximate surface area is 153 Å². The van der Waals surface area contributed by atoms with Crippen LogP contribution < -0.4 is 10.6 Å². The van der Waals surface area contributed by atoms with Crippen molar-refractivity contribution >= 4 is 22.2 Å². The summed E-state index contributed by atoms with van der Waals surface area (Å²) in [5.74, 6) is -0.259. The SMILES string of the molecule is C/C=C(\C(N)=O)C1CCN(c2ccc(-c3ccc(C(F)(F)F)cc3)s2)C1. The Morgan fingerprint density at radius 1 is 1.23 bits per heavy atom. The normalized spacial score (nSPS) is 18.4. The zero-order chi connectivity index (χ0) is 18.9. The van der Waals surface area contributed by atoms with Crippen molar-refractivity contribution in [3.05, 3.63) is 53.6 Å². The number of nitrogens with zero attached hydrogens (tertiary/aromatic N) is 1. The maximum absolute atomic E-state index is 12.7. The first kappa shape index (κ1) is 18.5. The Balaban J connectivity index is 1.74. The van der Waals surface area contributed by atoms with E-state index in [-0.39, 0.29) is 11.8 Å². The van der Waals surface area contributed by atoms with Crippen LogP contribution in [0.2, 0.25) is 0 Å². The summed E-state index contributed by atoms with van der Waals surface area (Å²) in [7, 11) is 0. The number of amides is 1. The number of thiophene rings is 1. The van der Waals surface area contributed by atoms with Crippen molar-refractivity contribution < 1.29 is 18.0 Å². The molecule has 26 heavy (non-hydrogen) atoms. The molecule has 1 amide bonds. The quantitative estimate of drug-likeness (QED) is 0.782. The molecular weight excluding hydrogens is 361 g/mol. The first-order valence-electron chi connectivity index (χ1n) is 8.28. The van der Waals surface area contributed by atoms with E-state index >= 15 is 0 Å². The van der Waals surface area contributed by atoms with Crippen molar-refractivity contribution in [1.29, 1.82) is 0 Å². The number of allylic oxidation sites excluding steroid dienone is 1. The highest BCUT2D eigenvalue weighted by Crippen LogP contribution is 2.38. The molecule has 7 heteroatoms. The second-order valence-corrected chi connectivity index (χ2v) is 7.32. The average Bonchev–Trinajstić information content (AvgIpc) is 3.24. The highest BCUT2D eigenvalue weighted by Gasteiger charge is 2.30. The molecule has 0 radical (unpaired) electrons. The predicted octanol–water partition coefficient (Wildman–Crippen LogP) is 4.69. The molecule has 1 aromatic carbocycles. The van der Waals surface area contributed by atoms with Gasteiger partial charge in [0.2, 0.25) is 5.91 Å². The van der Waals surface area contributed by atoms with E-state index in [2.05, 4.69) is 4.90 Å². The largest absolute Gasteiger partial charge is 0.416 e. The number of hydrogen-bond donors (Lipinski definition) is 1. The topological polar surface area (TPSA) is 46.3 Å². The van der Waals surface area contributed by atoms with Gasteiger partial charge in [-0.1, -0.05) is 18.2 Å². The highest BCUT2D eigenvalue weighted by atomic mass is 32.1. The molecule has 3 nitrogen and oxygen atoms in total. The smallest absolute Gasteiger partial charge is 0.366 e. The van der Waals surface area contributed by atoms with Gasteiger partial charge in [0.05, 0.1) is 10.6 Å². The first-order chi connectivity index (χ1) is 12.3. The first-order valence-corrected chi connectivity index (χ1v) is 9.09. The fourth-order valence-corrected chi connectivity index (χ4v) is 4.32. The van der Waals surface area contributed by atoms with Gasteiger partial charge in [0, 0.05) is 29.5 Å². The average molecular weight is 380 g/mol. The standard InChI is InChI=1S/C19H19F3N2OS/c1-2-15(18(23)25)13-9-10-24(11-13)17-8-7-16(26-17)12-3-5-14(6-4-12)19(20,21)22/h2-8,13H,9-11H2,1H3,(H2,23,25)/b15-2-. The van der Waals surface area contributed by atoms with Gasteiger partial charge in [-0.3, -0.25) is 4.79 Å². The molecule has 1 aliphatic heterocycles. The van der Waals surface area contributed by atoms with Gasteiger partial charge in [-0.2, -0.15) is 13.2 Å². The van der Waals surface area contributed by atoms with Crippen molar-refractivity contribution in [2.24, 2.45) is 11.7 Å². The maximum Gasteiger partial charge on any atom is 0.416 e. The molecule has 1 atom stereocenters. The van der Waals surface area contributed by atoms with Crippen molar-refractivity contribution in [1.82, 2.24) is 0 Å². The Hall–Kier alpha value is -2.28. The molecule has 2 heterocycles. The fourth-order valence-electron chi connectivity index (χ4n) is 3.27. The lowest BCUT2D eigenvalue weighted by molar-refractivity contribution is -0.137. The lowest BCUT2D eigenvalue weighted by Crippen LogP contribution is -2.24. The highest BCUT2D eigenvalue weighted by molar-refractivity contribution is 7.19. The van der Waals surface area contributed by atoms with Crippen molar-refractivity contribution in [3.8, 4) is 10.4 Å². The van der Waals surface area contributed by atoms with Gasteiger partial charge in [0.25, 0.3) is 0 Å². The Kier molecular flexibility index (Phi) is 5.09. The summed E-state index contributed by atoms with van der Waals surface area (Å²) >= 11 is 1.54. The number of halogens is 3. The van der Waals surface area contributed by atoms with E-state index in [0.717, 1.165) is 47.1 Å². The fraction of sp³-hybridized carbons (Fsp3) is 0.316. The van der Waals surface area contributed by atoms with Crippen LogP contribution >= 0.6 is 11.3 Å². The molecule has 3 rings (SSSR count). The van der Waals surface area contributed by atoms with Crippen LogP contribution in [0.25, 0.3) is 10.4 Å². The van der Waals surface area contributed by atoms with Crippen LogP contribution in [0.5, 0.6) is 0 Å². The van der Waals surface area contributed by atoms with Gasteiger partial charge in [0.15, 0.2) is 0 Å². The summed E-state index contributed by atoms with van der Waals surface area (Å²) in [5, 5.41) is 1.04. The summed E-state index contributed by atoms with van der Waals surface area (Å²) in [4.78, 5) is 14.6. The van der Waals surface area contributed by atoms with E-state index in [4.69, 9.17) is 5.73 Å². The second-order valence-electron chi connectivity index (χ2n) is 6.25. The third-order valence-corrected chi connectivity index (χ3v) is 5.82. The molecule has 1 aliphatic rings. The number of anilines is 1. The number of nitrogens with two attached hydrogens (primary N) is 1. The number of benzene rings is 1. The van der Waals surface area contributed by atoms with Crippen LogP contribution in [0.1, 0.15) is 18.9 Å². The summed E-state index contributed by atoms with van der Waals surface area (Å²) in [6.07, 6.45) is -1.69. The lowest BCUT2D eigenvalue weighted by Gasteiger charge is -2.16. The van der Waals surface area contributed by atoms with Crippen LogP contribution in [0, 0.1) is 5.92 Å². The number of alkyl halides is 3. The predicted molar refractivity (Wildman–Crippen MR) is 98.0 cm³/mol. The van der Waals surface area contributed by atoms with Crippen molar-refractivity contribution in [2.45, 2.75) is 19.5 Å². The van der Waals surface area contributed by atoms with Gasteiger partial charge in [-0.25, -0.2) is 0 Å². The van der Waals surface area contributed by atoms with Crippen LogP contribution in [0.3, 0.4) is 0 Å². The Bertz CT molecular complexity index is 824. The summed E-state index contributed by atoms with van der Waals surface area (Å²) < 4.78 is 38.0. The molecule has 1 saturated heterocycles. The Morgan fingerprint density at radius 3 is 2.50 bits per heavy atom. The van der Waals surface area contributed by atoms with E-state index in [1.807, 2.05) is 19.1 Å². The monoisotopic (exact) mass is 380 g/mol. The summed E-state index contributed by atoms with van der Waals surface area (Å²) in [6.45, 7) is 3.36. The van der Waals surface area contributed by atoms with E-state index < -0.39 is 11.7 Å². The zero-order valence-electron chi connectivity index (χ0n) is 14.2. The third-order valence-electron chi connectivity index (χ3n) is 4.62. The van der Waals surface area contributed by atoms with Crippen LogP contribution in [0.4, 0.5) is 18.2 Å². The van der Waals surface area contributed by atoms with Gasteiger partial charge in [-0.15, -0.1) is 11.3 Å². The van der Waals surface area contributed by atoms with E-state index in [9.17, 15) is 18.0 Å². The molecule has 0 saturated carbocycles. The summed E-state index contributed by atoms with van der Waals surface area (Å²) in [5.41, 5.74) is 6.20. The molecule has 1 fully saturated rings. The van der Waals surface area contributed by atoms with Gasteiger partial charge >= 0.3 is 6.18 Å². The molecule has 1 unspecified atom stereocenters. The van der Waals surface area contributed by atoms with E-state index in [0.29, 0.717) is 5.57 Å². The molecular formula is C19H19F3N2OS. The molecule has 2 N–H and O–H groups in total. The van der Waals surface area contributed by atoms with Crippen LogP contribution in [-0.2, 0) is 11.0 Å². The number of carbonyl (C=O) groups excluding carboxylic acids is 1. The molecule has 138 valence electrons. The van der Waals surface area contributed by atoms with Crippen molar-refractivity contribution in [2.75, 3.05) is 18.0 Å². The van der Waals surface area contributed by atoms with Gasteiger partial charge < -0.3 is 10.6 Å². The van der Waals surface area contributed by atoms with E-state index in [1.54, 1.807) is 6.08 Å². The van der Waals surface area contributed by atoms with Crippen LogP contribution in [-0.4, -0.2) is 19.0 Å². The number of rotatable bonds is 4. The number of hydrogen-bond acceptors (Lipinski definition) is 3. The third kappa shape index (κ3) is 3.77. The lowest BCUT2D eigenvalue weighted by atomic mass is 9.97. The maximum atomic E-state index is 12.7. The molecule has 0 aliphatic carbocycles. The molecule has 2 aromatic rings. The number of carbonyl (C=O) groups is 1. The Morgan fingerprint density at radius 2 is 1.92 bits per heavy atom. The second kappa shape index (κ2) is 7.15. The minimum atomic E-state index is -4.32. The number of primary amides is 1. The minimum absolute atomic E-state index is 0.120. The molecule has 1 aromatic heterocycles. The van der Waals surface area contributed by atoms with Gasteiger partial charge in [-0.05, 0) is 43.2 Å². The van der Waals surface area contributed by atoms with Gasteiger partial charge in [0.1, 0.15) is 0 Å². The minimum Gasteiger partial charge on any atom is -0.366 e. The molecule has 0 spiro atoms. The van der Waals surface area contributed by atoms with Crippen LogP contribution in [0.15, 0.2) is 48.0 Å². The van der Waals surface area contributed by atoms with Crippen molar-refractivity contribution in [3.63, 3.8) is 0 Å². The zero-order valence-corrected chi connectivity index (χ0v) is 15.0. The molecule has 0 bridgehead atoms. The summed E-state index contributed by atoms with van der Waals surface area (Å²) in [6, 6.07) is 9.09. The van der Waals surface area contributed by atoms with E-state index in [1.165, 1.54) is 23.5 Å².